The highest BCUT2D eigenvalue weighted by Crippen LogP contribution is 2.17. The molecule has 0 amide bonds. The van der Waals surface area contributed by atoms with Crippen LogP contribution in [0.1, 0.15) is 18.3 Å². The van der Waals surface area contributed by atoms with Crippen molar-refractivity contribution >= 4 is 29.9 Å². The van der Waals surface area contributed by atoms with Gasteiger partial charge in [0.25, 0.3) is 0 Å². The molecule has 2 heterocycles. The Balaban J connectivity index is 0.00000300. The molecule has 3 aromatic rings. The second-order valence-electron chi connectivity index (χ2n) is 6.41. The van der Waals surface area contributed by atoms with Crippen LogP contribution in [0.25, 0.3) is 11.6 Å². The number of hydrogen-bond donors (Lipinski definition) is 3. The summed E-state index contributed by atoms with van der Waals surface area (Å²) in [6, 6.07) is 11.6. The Morgan fingerprint density at radius 3 is 2.79 bits per heavy atom. The normalized spacial score (nSPS) is 12.2. The molecular weight excluding hydrogens is 483 g/mol. The van der Waals surface area contributed by atoms with Crippen molar-refractivity contribution < 1.29 is 9.15 Å². The maximum atomic E-state index is 5.97. The molecule has 29 heavy (non-hydrogen) atoms. The van der Waals surface area contributed by atoms with Crippen molar-refractivity contribution in [1.29, 1.82) is 0 Å². The Hall–Kier alpha value is -2.56. The molecule has 0 bridgehead atoms. The van der Waals surface area contributed by atoms with E-state index in [0.29, 0.717) is 37.1 Å². The Kier molecular flexibility index (Phi) is 8.97. The van der Waals surface area contributed by atoms with Crippen LogP contribution in [0.15, 0.2) is 52.1 Å². The standard InChI is InChI=1S/C20H26N6O2.HI/c1-14-7-4-5-8-16(14)28-15(2)13-23-20(21-3)22-11-10-18-24-19(26-25-18)17-9-6-12-27-17;/h4-9,12,15H,10-11,13H2,1-3H3,(H2,21,22,23)(H,24,25,26);1H. The average Bonchev–Trinajstić information content (AvgIpc) is 3.38. The number of halogens is 1. The molecule has 156 valence electrons. The van der Waals surface area contributed by atoms with Crippen LogP contribution >= 0.6 is 24.0 Å². The quantitative estimate of drug-likeness (QED) is 0.245. The van der Waals surface area contributed by atoms with Crippen molar-refractivity contribution in [2.75, 3.05) is 20.1 Å². The topological polar surface area (TPSA) is 100 Å². The van der Waals surface area contributed by atoms with Crippen molar-refractivity contribution in [1.82, 2.24) is 25.8 Å². The molecule has 0 spiro atoms. The number of nitrogens with one attached hydrogen (secondary N) is 3. The summed E-state index contributed by atoms with van der Waals surface area (Å²) in [5.41, 5.74) is 1.12. The molecule has 1 aromatic carbocycles. The van der Waals surface area contributed by atoms with Gasteiger partial charge in [0, 0.05) is 20.0 Å². The summed E-state index contributed by atoms with van der Waals surface area (Å²) in [6.07, 6.45) is 2.29. The van der Waals surface area contributed by atoms with Gasteiger partial charge >= 0.3 is 0 Å². The van der Waals surface area contributed by atoms with E-state index in [-0.39, 0.29) is 30.1 Å². The third-order valence-corrected chi connectivity index (χ3v) is 4.13. The van der Waals surface area contributed by atoms with E-state index in [9.17, 15) is 0 Å². The Morgan fingerprint density at radius 1 is 1.24 bits per heavy atom. The maximum Gasteiger partial charge on any atom is 0.216 e. The minimum absolute atomic E-state index is 0. The Labute approximate surface area is 187 Å². The highest BCUT2D eigenvalue weighted by molar-refractivity contribution is 14.0. The summed E-state index contributed by atoms with van der Waals surface area (Å²) in [5.74, 6) is 3.61. The lowest BCUT2D eigenvalue weighted by Gasteiger charge is -2.18. The molecule has 3 N–H and O–H groups in total. The van der Waals surface area contributed by atoms with E-state index in [1.54, 1.807) is 13.3 Å². The molecule has 8 nitrogen and oxygen atoms in total. The molecule has 2 aromatic heterocycles. The lowest BCUT2D eigenvalue weighted by atomic mass is 10.2. The number of para-hydroxylation sites is 1. The Bertz CT molecular complexity index is 894. The first-order valence-electron chi connectivity index (χ1n) is 9.27. The SMILES string of the molecule is CN=C(NCCc1nc(-c2ccco2)n[nH]1)NCC(C)Oc1ccccc1C.I. The molecule has 3 rings (SSSR count). The zero-order valence-corrected chi connectivity index (χ0v) is 19.1. The maximum absolute atomic E-state index is 5.97. The lowest BCUT2D eigenvalue weighted by molar-refractivity contribution is 0.222. The van der Waals surface area contributed by atoms with Gasteiger partial charge in [0.05, 0.1) is 12.8 Å². The fourth-order valence-electron chi connectivity index (χ4n) is 2.63. The molecule has 0 aliphatic heterocycles. The molecule has 0 radical (unpaired) electrons. The molecule has 0 aliphatic rings. The third-order valence-electron chi connectivity index (χ3n) is 4.13. The van der Waals surface area contributed by atoms with Gasteiger partial charge in [-0.2, -0.15) is 5.10 Å². The van der Waals surface area contributed by atoms with Crippen LogP contribution in [0, 0.1) is 6.92 Å². The zero-order valence-electron chi connectivity index (χ0n) is 16.8. The van der Waals surface area contributed by atoms with Gasteiger partial charge in [-0.1, -0.05) is 18.2 Å². The second-order valence-corrected chi connectivity index (χ2v) is 6.41. The van der Waals surface area contributed by atoms with E-state index in [2.05, 4.69) is 30.8 Å². The summed E-state index contributed by atoms with van der Waals surface area (Å²) in [7, 11) is 1.74. The highest BCUT2D eigenvalue weighted by atomic mass is 127. The van der Waals surface area contributed by atoms with Crippen molar-refractivity contribution in [3.05, 3.63) is 54.0 Å². The summed E-state index contributed by atoms with van der Waals surface area (Å²) in [6.45, 7) is 5.37. The number of guanidine groups is 1. The first-order chi connectivity index (χ1) is 13.7. The van der Waals surface area contributed by atoms with E-state index in [4.69, 9.17) is 9.15 Å². The number of aromatic amines is 1. The van der Waals surface area contributed by atoms with E-state index in [1.807, 2.05) is 50.2 Å². The number of aliphatic imine (C=N–C) groups is 1. The molecular formula is C20H27IN6O2. The minimum Gasteiger partial charge on any atom is -0.489 e. The second kappa shape index (κ2) is 11.4. The van der Waals surface area contributed by atoms with E-state index in [0.717, 1.165) is 17.1 Å². The monoisotopic (exact) mass is 510 g/mol. The first kappa shape index (κ1) is 22.7. The van der Waals surface area contributed by atoms with E-state index in [1.165, 1.54) is 0 Å². The van der Waals surface area contributed by atoms with Crippen LogP contribution in [-0.4, -0.2) is 47.4 Å². The predicted molar refractivity (Wildman–Crippen MR) is 124 cm³/mol. The van der Waals surface area contributed by atoms with Crippen molar-refractivity contribution in [2.24, 2.45) is 4.99 Å². The van der Waals surface area contributed by atoms with Gasteiger partial charge in [-0.15, -0.1) is 24.0 Å². The fraction of sp³-hybridized carbons (Fsp3) is 0.350. The largest absolute Gasteiger partial charge is 0.489 e. The summed E-state index contributed by atoms with van der Waals surface area (Å²) in [5, 5.41) is 13.6. The average molecular weight is 510 g/mol. The van der Waals surface area contributed by atoms with Crippen LogP contribution in [0.3, 0.4) is 0 Å². The number of benzene rings is 1. The number of furan rings is 1. The smallest absolute Gasteiger partial charge is 0.216 e. The van der Waals surface area contributed by atoms with Crippen molar-refractivity contribution in [2.45, 2.75) is 26.4 Å². The number of aryl methyl sites for hydroxylation is 1. The van der Waals surface area contributed by atoms with Crippen LogP contribution in [0.2, 0.25) is 0 Å². The summed E-state index contributed by atoms with van der Waals surface area (Å²) >= 11 is 0. The van der Waals surface area contributed by atoms with Crippen molar-refractivity contribution in [3.63, 3.8) is 0 Å². The number of nitrogens with zero attached hydrogens (tertiary/aromatic N) is 3. The zero-order chi connectivity index (χ0) is 19.8. The molecule has 0 saturated heterocycles. The van der Waals surface area contributed by atoms with Gasteiger partial charge in [-0.25, -0.2) is 4.98 Å². The number of H-pyrrole nitrogens is 1. The van der Waals surface area contributed by atoms with Crippen LogP contribution < -0.4 is 15.4 Å². The molecule has 0 saturated carbocycles. The number of ether oxygens (including phenoxy) is 1. The van der Waals surface area contributed by atoms with Gasteiger partial charge in [0.15, 0.2) is 11.7 Å². The van der Waals surface area contributed by atoms with Gasteiger partial charge in [-0.05, 0) is 37.6 Å². The number of hydrogen-bond acceptors (Lipinski definition) is 5. The molecule has 0 fully saturated rings. The van der Waals surface area contributed by atoms with Gasteiger partial charge < -0.3 is 19.8 Å². The van der Waals surface area contributed by atoms with Gasteiger partial charge in [-0.3, -0.25) is 10.1 Å². The number of rotatable bonds is 8. The van der Waals surface area contributed by atoms with Crippen molar-refractivity contribution in [3.8, 4) is 17.3 Å². The Morgan fingerprint density at radius 2 is 2.07 bits per heavy atom. The van der Waals surface area contributed by atoms with E-state index < -0.39 is 0 Å². The van der Waals surface area contributed by atoms with Crippen LogP contribution in [-0.2, 0) is 6.42 Å². The molecule has 1 unspecified atom stereocenters. The van der Waals surface area contributed by atoms with Gasteiger partial charge in [0.1, 0.15) is 17.7 Å². The highest BCUT2D eigenvalue weighted by Gasteiger charge is 2.09. The van der Waals surface area contributed by atoms with Crippen LogP contribution in [0.4, 0.5) is 0 Å². The van der Waals surface area contributed by atoms with Gasteiger partial charge in [0.2, 0.25) is 5.82 Å². The van der Waals surface area contributed by atoms with Crippen LogP contribution in [0.5, 0.6) is 5.75 Å². The molecule has 9 heteroatoms. The number of aromatic nitrogens is 3. The fourth-order valence-corrected chi connectivity index (χ4v) is 2.63. The van der Waals surface area contributed by atoms with E-state index >= 15 is 0 Å². The molecule has 0 aliphatic carbocycles. The lowest BCUT2D eigenvalue weighted by Crippen LogP contribution is -2.42. The predicted octanol–water partition coefficient (Wildman–Crippen LogP) is 3.17. The summed E-state index contributed by atoms with van der Waals surface area (Å²) < 4.78 is 11.3. The third kappa shape index (κ3) is 6.77. The molecule has 1 atom stereocenters. The minimum atomic E-state index is 0. The summed E-state index contributed by atoms with van der Waals surface area (Å²) in [4.78, 5) is 8.66. The first-order valence-corrected chi connectivity index (χ1v) is 9.27.